The average Bonchev–Trinajstić information content (AvgIpc) is 3.28. The smallest absolute Gasteiger partial charge is 0.224 e. The van der Waals surface area contributed by atoms with Gasteiger partial charge < -0.3 is 19.4 Å². The molecule has 38 heavy (non-hydrogen) atoms. The lowest BCUT2D eigenvalue weighted by Crippen LogP contribution is -2.26. The molecule has 0 aliphatic heterocycles. The molecule has 198 valence electrons. The molecule has 0 spiro atoms. The number of amides is 1. The summed E-state index contributed by atoms with van der Waals surface area (Å²) in [6, 6.07) is 21.6. The van der Waals surface area contributed by atoms with E-state index in [1.165, 1.54) is 0 Å². The SMILES string of the molecule is C/C=C/c1ccc(OCCCn2c(CCCNC(=O)Cc3ccccc3Cl)nc3ccccc32)c(OC)c1. The molecular formula is C31H34ClN3O3. The van der Waals surface area contributed by atoms with Crippen LogP contribution in [0.1, 0.15) is 36.7 Å². The van der Waals surface area contributed by atoms with Gasteiger partial charge in [0.25, 0.3) is 0 Å². The topological polar surface area (TPSA) is 65.4 Å². The van der Waals surface area contributed by atoms with Gasteiger partial charge in [-0.15, -0.1) is 0 Å². The highest BCUT2D eigenvalue weighted by atomic mass is 35.5. The second-order valence-electron chi connectivity index (χ2n) is 9.00. The van der Waals surface area contributed by atoms with Crippen LogP contribution >= 0.6 is 11.6 Å². The Kier molecular flexibility index (Phi) is 9.82. The molecule has 0 saturated carbocycles. The van der Waals surface area contributed by atoms with Gasteiger partial charge in [-0.05, 0) is 61.2 Å². The van der Waals surface area contributed by atoms with Crippen LogP contribution in [0.2, 0.25) is 5.02 Å². The van der Waals surface area contributed by atoms with E-state index < -0.39 is 0 Å². The first-order valence-corrected chi connectivity index (χ1v) is 13.3. The average molecular weight is 532 g/mol. The molecule has 0 unspecified atom stereocenters. The van der Waals surface area contributed by atoms with Crippen molar-refractivity contribution in [2.75, 3.05) is 20.3 Å². The van der Waals surface area contributed by atoms with Crippen molar-refractivity contribution in [3.63, 3.8) is 0 Å². The van der Waals surface area contributed by atoms with Gasteiger partial charge in [-0.25, -0.2) is 4.98 Å². The van der Waals surface area contributed by atoms with Crippen LogP contribution in [0.5, 0.6) is 11.5 Å². The summed E-state index contributed by atoms with van der Waals surface area (Å²) in [5.74, 6) is 2.45. The number of imidazole rings is 1. The first-order valence-electron chi connectivity index (χ1n) is 13.0. The molecule has 6 nitrogen and oxygen atoms in total. The molecule has 1 aromatic heterocycles. The minimum absolute atomic E-state index is 0.0297. The van der Waals surface area contributed by atoms with Gasteiger partial charge in [0.2, 0.25) is 5.91 Å². The van der Waals surface area contributed by atoms with E-state index in [1.54, 1.807) is 13.2 Å². The third kappa shape index (κ3) is 7.17. The van der Waals surface area contributed by atoms with E-state index in [4.69, 9.17) is 26.1 Å². The van der Waals surface area contributed by atoms with Gasteiger partial charge in [0, 0.05) is 24.5 Å². The molecule has 1 heterocycles. The molecule has 4 aromatic rings. The molecule has 0 aliphatic carbocycles. The molecule has 1 N–H and O–H groups in total. The van der Waals surface area contributed by atoms with Crippen molar-refractivity contribution in [2.45, 2.75) is 39.2 Å². The number of aromatic nitrogens is 2. The second-order valence-corrected chi connectivity index (χ2v) is 9.41. The Morgan fingerprint density at radius 2 is 1.87 bits per heavy atom. The number of carbonyl (C=O) groups excluding carboxylic acids is 1. The zero-order valence-electron chi connectivity index (χ0n) is 22.0. The van der Waals surface area contributed by atoms with Crippen molar-refractivity contribution in [1.82, 2.24) is 14.9 Å². The van der Waals surface area contributed by atoms with E-state index in [9.17, 15) is 4.79 Å². The number of methoxy groups -OCH3 is 1. The maximum atomic E-state index is 12.4. The van der Waals surface area contributed by atoms with E-state index in [0.29, 0.717) is 18.2 Å². The zero-order chi connectivity index (χ0) is 26.7. The summed E-state index contributed by atoms with van der Waals surface area (Å²) >= 11 is 6.18. The lowest BCUT2D eigenvalue weighted by Gasteiger charge is -2.13. The molecule has 0 atom stereocenters. The zero-order valence-corrected chi connectivity index (χ0v) is 22.7. The Hall–Kier alpha value is -3.77. The standard InChI is InChI=1S/C31H34ClN3O3/c1-3-10-23-16-17-28(29(21-23)37-2)38-20-9-19-35-27-14-7-6-13-26(27)34-30(35)15-8-18-33-31(36)22-24-11-4-5-12-25(24)32/h3-7,10-14,16-17,21H,8-9,15,18-20,22H2,1-2H3,(H,33,36)/b10-3+. The van der Waals surface area contributed by atoms with E-state index in [1.807, 2.05) is 73.7 Å². The number of halogens is 1. The Bertz CT molecular complexity index is 1400. The van der Waals surface area contributed by atoms with Crippen molar-refractivity contribution in [3.8, 4) is 11.5 Å². The van der Waals surface area contributed by atoms with Crippen LogP contribution < -0.4 is 14.8 Å². The van der Waals surface area contributed by atoms with Crippen LogP contribution in [0.25, 0.3) is 17.1 Å². The van der Waals surface area contributed by atoms with Gasteiger partial charge in [-0.2, -0.15) is 0 Å². The molecule has 0 fully saturated rings. The third-order valence-corrected chi connectivity index (χ3v) is 6.64. The summed E-state index contributed by atoms with van der Waals surface area (Å²) in [4.78, 5) is 17.2. The molecule has 4 rings (SSSR count). The fourth-order valence-corrected chi connectivity index (χ4v) is 4.62. The number of hydrogen-bond donors (Lipinski definition) is 1. The van der Waals surface area contributed by atoms with Crippen molar-refractivity contribution < 1.29 is 14.3 Å². The number of hydrogen-bond acceptors (Lipinski definition) is 4. The predicted molar refractivity (Wildman–Crippen MR) is 154 cm³/mol. The molecule has 7 heteroatoms. The summed E-state index contributed by atoms with van der Waals surface area (Å²) < 4.78 is 13.8. The number of benzene rings is 3. The first-order chi connectivity index (χ1) is 18.6. The number of carbonyl (C=O) groups is 1. The van der Waals surface area contributed by atoms with Gasteiger partial charge in [-0.3, -0.25) is 4.79 Å². The number of aryl methyl sites for hydroxylation is 2. The summed E-state index contributed by atoms with van der Waals surface area (Å²) in [7, 11) is 1.66. The third-order valence-electron chi connectivity index (χ3n) is 6.27. The lowest BCUT2D eigenvalue weighted by atomic mass is 10.1. The monoisotopic (exact) mass is 531 g/mol. The fourth-order valence-electron chi connectivity index (χ4n) is 4.42. The highest BCUT2D eigenvalue weighted by Gasteiger charge is 2.12. The summed E-state index contributed by atoms with van der Waals surface area (Å²) in [5.41, 5.74) is 4.00. The first kappa shape index (κ1) is 27.3. The second kappa shape index (κ2) is 13.7. The molecule has 0 radical (unpaired) electrons. The minimum Gasteiger partial charge on any atom is -0.493 e. The normalized spacial score (nSPS) is 11.2. The molecule has 0 aliphatic rings. The van der Waals surface area contributed by atoms with Crippen LogP contribution in [0.15, 0.2) is 72.8 Å². The van der Waals surface area contributed by atoms with Gasteiger partial charge in [0.05, 0.1) is 31.2 Å². The van der Waals surface area contributed by atoms with Crippen molar-refractivity contribution in [2.24, 2.45) is 0 Å². The number of nitrogens with zero attached hydrogens (tertiary/aromatic N) is 2. The van der Waals surface area contributed by atoms with E-state index in [0.717, 1.165) is 65.3 Å². The Labute approximate surface area is 229 Å². The van der Waals surface area contributed by atoms with Crippen LogP contribution in [0.4, 0.5) is 0 Å². The van der Waals surface area contributed by atoms with Crippen molar-refractivity contribution in [3.05, 3.63) is 94.8 Å². The number of fused-ring (bicyclic) bond motifs is 1. The van der Waals surface area contributed by atoms with Gasteiger partial charge >= 0.3 is 0 Å². The predicted octanol–water partition coefficient (Wildman–Crippen LogP) is 6.49. The number of para-hydroxylation sites is 2. The van der Waals surface area contributed by atoms with Gasteiger partial charge in [0.1, 0.15) is 5.82 Å². The highest BCUT2D eigenvalue weighted by Crippen LogP contribution is 2.29. The fraction of sp³-hybridized carbons (Fsp3) is 0.290. The van der Waals surface area contributed by atoms with Crippen molar-refractivity contribution in [1.29, 1.82) is 0 Å². The number of rotatable bonds is 13. The van der Waals surface area contributed by atoms with Crippen LogP contribution in [-0.4, -0.2) is 35.7 Å². The van der Waals surface area contributed by atoms with Crippen molar-refractivity contribution >= 4 is 34.6 Å². The van der Waals surface area contributed by atoms with Gasteiger partial charge in [-0.1, -0.05) is 60.2 Å². The summed E-state index contributed by atoms with van der Waals surface area (Å²) in [5, 5.41) is 3.62. The van der Waals surface area contributed by atoms with Crippen LogP contribution in [0, 0.1) is 0 Å². The van der Waals surface area contributed by atoms with Crippen LogP contribution in [0.3, 0.4) is 0 Å². The molecule has 0 saturated heterocycles. The Balaban J connectivity index is 1.31. The lowest BCUT2D eigenvalue weighted by molar-refractivity contribution is -0.120. The van der Waals surface area contributed by atoms with E-state index in [2.05, 4.69) is 16.0 Å². The summed E-state index contributed by atoms with van der Waals surface area (Å²) in [6.45, 7) is 3.92. The highest BCUT2D eigenvalue weighted by molar-refractivity contribution is 6.31. The molecular weight excluding hydrogens is 498 g/mol. The number of ether oxygens (including phenoxy) is 2. The summed E-state index contributed by atoms with van der Waals surface area (Å²) in [6.07, 6.45) is 6.69. The largest absolute Gasteiger partial charge is 0.493 e. The quantitative estimate of drug-likeness (QED) is 0.200. The Morgan fingerprint density at radius 1 is 1.05 bits per heavy atom. The number of allylic oxidation sites excluding steroid dienone is 1. The maximum Gasteiger partial charge on any atom is 0.224 e. The molecule has 0 bridgehead atoms. The molecule has 1 amide bonds. The van der Waals surface area contributed by atoms with E-state index in [-0.39, 0.29) is 12.3 Å². The van der Waals surface area contributed by atoms with E-state index >= 15 is 0 Å². The van der Waals surface area contributed by atoms with Crippen LogP contribution in [-0.2, 0) is 24.2 Å². The Morgan fingerprint density at radius 3 is 2.68 bits per heavy atom. The van der Waals surface area contributed by atoms with Gasteiger partial charge in [0.15, 0.2) is 11.5 Å². The number of nitrogens with one attached hydrogen (secondary N) is 1. The molecule has 3 aromatic carbocycles. The maximum absolute atomic E-state index is 12.4. The minimum atomic E-state index is -0.0297.